The quantitative estimate of drug-likeness (QED) is 0.453. The van der Waals surface area contributed by atoms with E-state index in [1.807, 2.05) is 44.2 Å². The van der Waals surface area contributed by atoms with Crippen molar-refractivity contribution in [1.29, 1.82) is 0 Å². The van der Waals surface area contributed by atoms with Crippen molar-refractivity contribution in [2.45, 2.75) is 20.5 Å². The Morgan fingerprint density at radius 3 is 2.56 bits per heavy atom. The Bertz CT molecular complexity index is 901. The predicted molar refractivity (Wildman–Crippen MR) is 112 cm³/mol. The Balaban J connectivity index is 1.69. The van der Waals surface area contributed by atoms with E-state index in [0.29, 0.717) is 10.0 Å². The number of esters is 1. The van der Waals surface area contributed by atoms with Crippen LogP contribution >= 0.6 is 46.4 Å². The topological polar surface area (TPSA) is 26.3 Å². The van der Waals surface area contributed by atoms with Crippen LogP contribution < -0.4 is 0 Å². The highest BCUT2D eigenvalue weighted by Gasteiger charge is 2.61. The first kappa shape index (κ1) is 20.5. The van der Waals surface area contributed by atoms with Crippen LogP contribution in [0.5, 0.6) is 0 Å². The lowest BCUT2D eigenvalue weighted by Crippen LogP contribution is -2.10. The van der Waals surface area contributed by atoms with Gasteiger partial charge in [0, 0.05) is 15.6 Å². The summed E-state index contributed by atoms with van der Waals surface area (Å²) >= 11 is 23.7. The van der Waals surface area contributed by atoms with E-state index in [1.165, 1.54) is 0 Å². The Labute approximate surface area is 179 Å². The molecule has 0 aliphatic heterocycles. The van der Waals surface area contributed by atoms with Gasteiger partial charge in [-0.25, -0.2) is 0 Å². The molecule has 0 spiro atoms. The number of benzene rings is 2. The van der Waals surface area contributed by atoms with Gasteiger partial charge in [-0.15, -0.1) is 0 Å². The number of hydrogen-bond acceptors (Lipinski definition) is 2. The zero-order valence-corrected chi connectivity index (χ0v) is 17.8. The lowest BCUT2D eigenvalue weighted by Gasteiger charge is -2.09. The number of allylic oxidation sites excluding steroid dienone is 1. The summed E-state index contributed by atoms with van der Waals surface area (Å²) in [6.07, 6.45) is 1.71. The second-order valence-corrected chi connectivity index (χ2v) is 9.06. The molecule has 2 nitrogen and oxygen atoms in total. The number of ether oxygens (including phenoxy) is 1. The Kier molecular flexibility index (Phi) is 6.12. The normalized spacial score (nSPS) is 20.1. The van der Waals surface area contributed by atoms with Crippen molar-refractivity contribution in [2.24, 2.45) is 17.3 Å². The monoisotopic (exact) mass is 442 g/mol. The van der Waals surface area contributed by atoms with E-state index in [9.17, 15) is 4.79 Å². The van der Waals surface area contributed by atoms with Crippen molar-refractivity contribution in [3.63, 3.8) is 0 Å². The minimum atomic E-state index is -0.245. The van der Waals surface area contributed by atoms with Crippen molar-refractivity contribution in [2.75, 3.05) is 0 Å². The predicted octanol–water partition coefficient (Wildman–Crippen LogP) is 7.29. The molecule has 142 valence electrons. The van der Waals surface area contributed by atoms with Crippen LogP contribution in [0, 0.1) is 17.3 Å². The SMILES string of the molecule is CC1(C)[C@H](C(=O)OCc2cccc(-c3ccc(Cl)cc3Cl)c2)[C@@H]1C=C(Cl)Cl. The lowest BCUT2D eigenvalue weighted by atomic mass is 10.0. The van der Waals surface area contributed by atoms with Gasteiger partial charge in [-0.05, 0) is 46.7 Å². The summed E-state index contributed by atoms with van der Waals surface area (Å²) < 4.78 is 5.71. The van der Waals surface area contributed by atoms with E-state index < -0.39 is 0 Å². The third-order valence-corrected chi connectivity index (χ3v) is 5.82. The number of hydrogen-bond donors (Lipinski definition) is 0. The average molecular weight is 444 g/mol. The second kappa shape index (κ2) is 8.05. The summed E-state index contributed by atoms with van der Waals surface area (Å²) in [4.78, 5) is 12.5. The molecule has 27 heavy (non-hydrogen) atoms. The first-order valence-electron chi connectivity index (χ1n) is 8.44. The van der Waals surface area contributed by atoms with Crippen molar-refractivity contribution >= 4 is 52.4 Å². The highest BCUT2D eigenvalue weighted by molar-refractivity contribution is 6.55. The van der Waals surface area contributed by atoms with Crippen LogP contribution in [0.2, 0.25) is 10.0 Å². The number of rotatable bonds is 5. The van der Waals surface area contributed by atoms with Gasteiger partial charge in [0.05, 0.1) is 5.92 Å². The Hall–Kier alpha value is -1.19. The Morgan fingerprint density at radius 1 is 1.15 bits per heavy atom. The minimum absolute atomic E-state index is 0.00536. The fraction of sp³-hybridized carbons (Fsp3) is 0.286. The van der Waals surface area contributed by atoms with Gasteiger partial charge in [0.1, 0.15) is 11.1 Å². The van der Waals surface area contributed by atoms with Crippen LogP contribution in [0.15, 0.2) is 53.0 Å². The Morgan fingerprint density at radius 2 is 1.89 bits per heavy atom. The molecule has 0 unspecified atom stereocenters. The van der Waals surface area contributed by atoms with Gasteiger partial charge in [-0.1, -0.05) is 84.5 Å². The van der Waals surface area contributed by atoms with Crippen molar-refractivity contribution in [3.05, 3.63) is 68.6 Å². The molecular weight excluding hydrogens is 426 g/mol. The standard InChI is InChI=1S/C21H18Cl4O2/c1-21(2)16(10-18(24)25)19(21)20(26)27-11-12-4-3-5-13(8-12)15-7-6-14(22)9-17(15)23/h3-10,16,19H,11H2,1-2H3/t16-,19-/m0/s1. The number of carbonyl (C=O) groups excluding carboxylic acids is 1. The molecule has 0 saturated heterocycles. The molecule has 1 aliphatic carbocycles. The molecule has 3 rings (SSSR count). The van der Waals surface area contributed by atoms with E-state index in [2.05, 4.69) is 0 Å². The molecule has 0 N–H and O–H groups in total. The molecule has 6 heteroatoms. The second-order valence-electron chi connectivity index (χ2n) is 7.21. The highest BCUT2D eigenvalue weighted by Crippen LogP contribution is 2.60. The lowest BCUT2D eigenvalue weighted by molar-refractivity contribution is -0.147. The average Bonchev–Trinajstić information content (AvgIpc) is 3.12. The maximum Gasteiger partial charge on any atom is 0.310 e. The fourth-order valence-corrected chi connectivity index (χ4v) is 4.16. The molecule has 1 fully saturated rings. The van der Waals surface area contributed by atoms with Gasteiger partial charge in [0.15, 0.2) is 0 Å². The van der Waals surface area contributed by atoms with Crippen LogP contribution in [0.3, 0.4) is 0 Å². The number of halogens is 4. The van der Waals surface area contributed by atoms with E-state index in [0.717, 1.165) is 16.7 Å². The molecule has 1 saturated carbocycles. The van der Waals surface area contributed by atoms with Crippen molar-refractivity contribution in [3.8, 4) is 11.1 Å². The first-order valence-corrected chi connectivity index (χ1v) is 9.95. The molecule has 0 bridgehead atoms. The molecule has 1 aliphatic rings. The zero-order valence-electron chi connectivity index (χ0n) is 14.8. The van der Waals surface area contributed by atoms with Gasteiger partial charge in [0.25, 0.3) is 0 Å². The van der Waals surface area contributed by atoms with Crippen LogP contribution in [0.1, 0.15) is 19.4 Å². The van der Waals surface area contributed by atoms with Gasteiger partial charge in [0.2, 0.25) is 0 Å². The van der Waals surface area contributed by atoms with Crippen molar-refractivity contribution in [1.82, 2.24) is 0 Å². The molecule has 2 aromatic carbocycles. The maximum atomic E-state index is 12.5. The summed E-state index contributed by atoms with van der Waals surface area (Å²) in [6, 6.07) is 13.1. The third-order valence-electron chi connectivity index (χ3n) is 5.02. The number of carbonyl (C=O) groups is 1. The summed E-state index contributed by atoms with van der Waals surface area (Å²) in [6.45, 7) is 4.19. The van der Waals surface area contributed by atoms with Gasteiger partial charge in [-0.2, -0.15) is 0 Å². The van der Waals surface area contributed by atoms with Gasteiger partial charge in [-0.3, -0.25) is 4.79 Å². The van der Waals surface area contributed by atoms with E-state index >= 15 is 0 Å². The summed E-state index contributed by atoms with van der Waals surface area (Å²) in [5, 5.41) is 1.16. The summed E-state index contributed by atoms with van der Waals surface area (Å²) in [5.41, 5.74) is 2.49. The molecule has 2 atom stereocenters. The van der Waals surface area contributed by atoms with Crippen LogP contribution in [-0.2, 0) is 16.1 Å². The van der Waals surface area contributed by atoms with Crippen LogP contribution in [0.4, 0.5) is 0 Å². The van der Waals surface area contributed by atoms with E-state index in [4.69, 9.17) is 51.1 Å². The smallest absolute Gasteiger partial charge is 0.310 e. The maximum absolute atomic E-state index is 12.5. The molecule has 0 aromatic heterocycles. The van der Waals surface area contributed by atoms with E-state index in [-0.39, 0.29) is 34.3 Å². The molecular formula is C21H18Cl4O2. The third kappa shape index (κ3) is 4.63. The van der Waals surface area contributed by atoms with Gasteiger partial charge < -0.3 is 4.74 Å². The summed E-state index contributed by atoms with van der Waals surface area (Å²) in [7, 11) is 0. The molecule has 0 heterocycles. The van der Waals surface area contributed by atoms with Crippen LogP contribution in [0.25, 0.3) is 11.1 Å². The van der Waals surface area contributed by atoms with Crippen molar-refractivity contribution < 1.29 is 9.53 Å². The largest absolute Gasteiger partial charge is 0.461 e. The fourth-order valence-electron chi connectivity index (χ4n) is 3.37. The summed E-state index contributed by atoms with van der Waals surface area (Å²) in [5.74, 6) is -0.487. The molecule has 2 aromatic rings. The molecule has 0 radical (unpaired) electrons. The first-order chi connectivity index (χ1) is 12.7. The molecule has 0 amide bonds. The van der Waals surface area contributed by atoms with Gasteiger partial charge >= 0.3 is 5.97 Å². The highest BCUT2D eigenvalue weighted by atomic mass is 35.5. The zero-order chi connectivity index (χ0) is 19.8. The minimum Gasteiger partial charge on any atom is -0.461 e. The van der Waals surface area contributed by atoms with E-state index in [1.54, 1.807) is 18.2 Å². The van der Waals surface area contributed by atoms with Crippen LogP contribution in [-0.4, -0.2) is 5.97 Å².